The lowest BCUT2D eigenvalue weighted by atomic mass is 10.2. The molecule has 0 heterocycles. The Bertz CT molecular complexity index is 584. The van der Waals surface area contributed by atoms with Crippen LogP contribution in [0.1, 0.15) is 15.9 Å². The van der Waals surface area contributed by atoms with Crippen LogP contribution in [-0.4, -0.2) is 13.0 Å². The number of nitrogens with one attached hydrogen (secondary N) is 1. The third-order valence-electron chi connectivity index (χ3n) is 2.70. The second-order valence-electron chi connectivity index (χ2n) is 3.96. The van der Waals surface area contributed by atoms with Crippen LogP contribution in [0, 0.1) is 0 Å². The molecule has 0 aliphatic rings. The summed E-state index contributed by atoms with van der Waals surface area (Å²) in [5, 5.41) is 2.60. The summed E-state index contributed by atoms with van der Waals surface area (Å²) in [6.45, 7) is 0.412. The molecule has 0 radical (unpaired) electrons. The fourth-order valence-corrected chi connectivity index (χ4v) is 2.08. The summed E-state index contributed by atoms with van der Waals surface area (Å²) in [4.78, 5) is 11.7. The van der Waals surface area contributed by atoms with Gasteiger partial charge in [0.05, 0.1) is 5.56 Å². The van der Waals surface area contributed by atoms with Crippen LogP contribution in [0.4, 0.5) is 0 Å². The average molecular weight is 320 g/mol. The molecule has 4 heteroatoms. The van der Waals surface area contributed by atoms with Crippen molar-refractivity contribution < 1.29 is 9.53 Å². The van der Waals surface area contributed by atoms with Crippen LogP contribution < -0.4 is 10.1 Å². The van der Waals surface area contributed by atoms with Gasteiger partial charge in [-0.2, -0.15) is 0 Å². The highest BCUT2D eigenvalue weighted by Gasteiger charge is 2.10. The zero-order valence-corrected chi connectivity index (χ0v) is 12.1. The van der Waals surface area contributed by atoms with Gasteiger partial charge in [0.1, 0.15) is 12.4 Å². The summed E-state index contributed by atoms with van der Waals surface area (Å²) in [5.41, 5.74) is 1.58. The third-order valence-corrected chi connectivity index (χ3v) is 3.47. The molecule has 0 spiro atoms. The molecule has 0 fully saturated rings. The van der Waals surface area contributed by atoms with E-state index < -0.39 is 0 Å². The van der Waals surface area contributed by atoms with Crippen molar-refractivity contribution in [2.75, 3.05) is 7.05 Å². The van der Waals surface area contributed by atoms with Crippen molar-refractivity contribution in [3.05, 3.63) is 64.1 Å². The van der Waals surface area contributed by atoms with E-state index in [9.17, 15) is 4.79 Å². The molecule has 98 valence electrons. The Morgan fingerprint density at radius 1 is 1.16 bits per heavy atom. The maximum atomic E-state index is 11.7. The predicted molar refractivity (Wildman–Crippen MR) is 78.3 cm³/mol. The minimum absolute atomic E-state index is 0.150. The Labute approximate surface area is 120 Å². The summed E-state index contributed by atoms with van der Waals surface area (Å²) in [6.07, 6.45) is 0. The number of halogens is 1. The number of benzene rings is 2. The first-order chi connectivity index (χ1) is 9.22. The smallest absolute Gasteiger partial charge is 0.254 e. The maximum Gasteiger partial charge on any atom is 0.254 e. The van der Waals surface area contributed by atoms with Crippen molar-refractivity contribution in [1.29, 1.82) is 0 Å². The normalized spacial score (nSPS) is 10.0. The second kappa shape index (κ2) is 6.38. The Morgan fingerprint density at radius 2 is 1.84 bits per heavy atom. The van der Waals surface area contributed by atoms with E-state index in [-0.39, 0.29) is 5.91 Å². The summed E-state index contributed by atoms with van der Waals surface area (Å²) in [7, 11) is 1.60. The molecular weight excluding hydrogens is 306 g/mol. The molecule has 0 unspecified atom stereocenters. The Morgan fingerprint density at radius 3 is 2.58 bits per heavy atom. The summed E-state index contributed by atoms with van der Waals surface area (Å²) in [5.74, 6) is 0.431. The number of ether oxygens (including phenoxy) is 1. The Hall–Kier alpha value is -1.81. The SMILES string of the molecule is CNC(=O)c1ccccc1OCc1ccccc1Br. The first-order valence-electron chi connectivity index (χ1n) is 5.89. The molecule has 19 heavy (non-hydrogen) atoms. The first kappa shape index (κ1) is 13.6. The topological polar surface area (TPSA) is 38.3 Å². The summed E-state index contributed by atoms with van der Waals surface area (Å²) >= 11 is 3.47. The molecule has 2 aromatic rings. The fraction of sp³-hybridized carbons (Fsp3) is 0.133. The number of hydrogen-bond acceptors (Lipinski definition) is 2. The number of para-hydroxylation sites is 1. The van der Waals surface area contributed by atoms with E-state index in [0.29, 0.717) is 17.9 Å². The van der Waals surface area contributed by atoms with Gasteiger partial charge in [-0.15, -0.1) is 0 Å². The van der Waals surface area contributed by atoms with E-state index in [0.717, 1.165) is 10.0 Å². The van der Waals surface area contributed by atoms with Gasteiger partial charge in [0.15, 0.2) is 0 Å². The lowest BCUT2D eigenvalue weighted by Gasteiger charge is -2.11. The van der Waals surface area contributed by atoms with Gasteiger partial charge in [0, 0.05) is 17.1 Å². The van der Waals surface area contributed by atoms with Gasteiger partial charge in [-0.3, -0.25) is 4.79 Å². The highest BCUT2D eigenvalue weighted by molar-refractivity contribution is 9.10. The van der Waals surface area contributed by atoms with E-state index in [2.05, 4.69) is 21.2 Å². The van der Waals surface area contributed by atoms with Crippen LogP contribution in [0.15, 0.2) is 53.0 Å². The molecule has 0 aliphatic heterocycles. The van der Waals surface area contributed by atoms with Crippen molar-refractivity contribution in [1.82, 2.24) is 5.32 Å². The van der Waals surface area contributed by atoms with E-state index >= 15 is 0 Å². The first-order valence-corrected chi connectivity index (χ1v) is 6.69. The van der Waals surface area contributed by atoms with Crippen LogP contribution >= 0.6 is 15.9 Å². The van der Waals surface area contributed by atoms with Crippen LogP contribution in [-0.2, 0) is 6.61 Å². The largest absolute Gasteiger partial charge is 0.488 e. The van der Waals surface area contributed by atoms with E-state index in [1.807, 2.05) is 36.4 Å². The lowest BCUT2D eigenvalue weighted by molar-refractivity contribution is 0.0958. The molecule has 1 N–H and O–H groups in total. The quantitative estimate of drug-likeness (QED) is 0.938. The van der Waals surface area contributed by atoms with Crippen molar-refractivity contribution >= 4 is 21.8 Å². The number of carbonyl (C=O) groups is 1. The van der Waals surface area contributed by atoms with Crippen molar-refractivity contribution in [3.8, 4) is 5.75 Å². The van der Waals surface area contributed by atoms with E-state index in [1.54, 1.807) is 19.2 Å². The minimum atomic E-state index is -0.150. The summed E-state index contributed by atoms with van der Waals surface area (Å²) in [6, 6.07) is 15.0. The number of hydrogen-bond donors (Lipinski definition) is 1. The van der Waals surface area contributed by atoms with Crippen LogP contribution in [0.2, 0.25) is 0 Å². The van der Waals surface area contributed by atoms with Gasteiger partial charge in [-0.25, -0.2) is 0 Å². The molecule has 2 aromatic carbocycles. The number of amides is 1. The van der Waals surface area contributed by atoms with Gasteiger partial charge in [-0.05, 0) is 18.2 Å². The van der Waals surface area contributed by atoms with E-state index in [4.69, 9.17) is 4.74 Å². The highest BCUT2D eigenvalue weighted by atomic mass is 79.9. The molecule has 0 saturated carbocycles. The number of rotatable bonds is 4. The average Bonchev–Trinajstić information content (AvgIpc) is 2.46. The minimum Gasteiger partial charge on any atom is -0.488 e. The predicted octanol–water partition coefficient (Wildman–Crippen LogP) is 3.39. The molecular formula is C15H14BrNO2. The van der Waals surface area contributed by atoms with Gasteiger partial charge in [0.2, 0.25) is 0 Å². The zero-order chi connectivity index (χ0) is 13.7. The van der Waals surface area contributed by atoms with Crippen LogP contribution in [0.5, 0.6) is 5.75 Å². The molecule has 1 amide bonds. The lowest BCUT2D eigenvalue weighted by Crippen LogP contribution is -2.18. The maximum absolute atomic E-state index is 11.7. The summed E-state index contributed by atoms with van der Waals surface area (Å²) < 4.78 is 6.73. The standard InChI is InChI=1S/C15H14BrNO2/c1-17-15(18)12-7-3-5-9-14(12)19-10-11-6-2-4-8-13(11)16/h2-9H,10H2,1H3,(H,17,18). The number of carbonyl (C=O) groups excluding carboxylic acids is 1. The van der Waals surface area contributed by atoms with Crippen molar-refractivity contribution in [3.63, 3.8) is 0 Å². The Kier molecular flexibility index (Phi) is 4.58. The van der Waals surface area contributed by atoms with Crippen LogP contribution in [0.25, 0.3) is 0 Å². The third kappa shape index (κ3) is 3.35. The molecule has 2 rings (SSSR count). The fourth-order valence-electron chi connectivity index (χ4n) is 1.69. The highest BCUT2D eigenvalue weighted by Crippen LogP contribution is 2.22. The molecule has 3 nitrogen and oxygen atoms in total. The van der Waals surface area contributed by atoms with Gasteiger partial charge < -0.3 is 10.1 Å². The van der Waals surface area contributed by atoms with Gasteiger partial charge in [0.25, 0.3) is 5.91 Å². The molecule has 0 aliphatic carbocycles. The molecule has 0 bridgehead atoms. The van der Waals surface area contributed by atoms with Crippen molar-refractivity contribution in [2.24, 2.45) is 0 Å². The molecule has 0 atom stereocenters. The zero-order valence-electron chi connectivity index (χ0n) is 10.5. The van der Waals surface area contributed by atoms with Gasteiger partial charge >= 0.3 is 0 Å². The second-order valence-corrected chi connectivity index (χ2v) is 4.81. The van der Waals surface area contributed by atoms with Crippen molar-refractivity contribution in [2.45, 2.75) is 6.61 Å². The molecule has 0 saturated heterocycles. The molecule has 0 aromatic heterocycles. The van der Waals surface area contributed by atoms with Gasteiger partial charge in [-0.1, -0.05) is 46.3 Å². The van der Waals surface area contributed by atoms with E-state index in [1.165, 1.54) is 0 Å². The monoisotopic (exact) mass is 319 g/mol. The van der Waals surface area contributed by atoms with Crippen LogP contribution in [0.3, 0.4) is 0 Å². The Balaban J connectivity index is 2.16.